The van der Waals surface area contributed by atoms with Gasteiger partial charge in [-0.05, 0) is 55.7 Å². The molecule has 0 atom stereocenters. The molecule has 178 valence electrons. The number of nitrogens with one attached hydrogen (secondary N) is 1. The van der Waals surface area contributed by atoms with E-state index in [0.717, 1.165) is 38.0 Å². The molecule has 0 saturated carbocycles. The average Bonchev–Trinajstić information content (AvgIpc) is 2.84. The standard InChI is InChI=1S/C23H28FN3O5S/c1-31-22-8-6-18(33(29,30)27-11-13-32-14-12-27)16-19(22)23(28)25-20-15-17(24)5-7-21(20)26-9-3-2-4-10-26/h5-8,15-16H,2-4,9-14H2,1H3,(H,25,28). The number of hydrogen-bond donors (Lipinski definition) is 1. The van der Waals surface area contributed by atoms with E-state index in [4.69, 9.17) is 9.47 Å². The van der Waals surface area contributed by atoms with Crippen LogP contribution in [0.2, 0.25) is 0 Å². The minimum absolute atomic E-state index is 0.00848. The lowest BCUT2D eigenvalue weighted by Crippen LogP contribution is -2.40. The monoisotopic (exact) mass is 477 g/mol. The summed E-state index contributed by atoms with van der Waals surface area (Å²) in [7, 11) is -2.39. The highest BCUT2D eigenvalue weighted by atomic mass is 32.2. The van der Waals surface area contributed by atoms with Gasteiger partial charge in [0, 0.05) is 26.2 Å². The van der Waals surface area contributed by atoms with E-state index in [1.54, 1.807) is 6.07 Å². The van der Waals surface area contributed by atoms with Gasteiger partial charge in [-0.25, -0.2) is 12.8 Å². The second-order valence-electron chi connectivity index (χ2n) is 8.04. The van der Waals surface area contributed by atoms with Gasteiger partial charge < -0.3 is 19.7 Å². The Balaban J connectivity index is 1.65. The minimum atomic E-state index is -3.80. The highest BCUT2D eigenvalue weighted by molar-refractivity contribution is 7.89. The van der Waals surface area contributed by atoms with E-state index < -0.39 is 21.7 Å². The molecule has 33 heavy (non-hydrogen) atoms. The molecular weight excluding hydrogens is 449 g/mol. The number of methoxy groups -OCH3 is 1. The first-order valence-corrected chi connectivity index (χ1v) is 12.5. The Morgan fingerprint density at radius 2 is 1.76 bits per heavy atom. The van der Waals surface area contributed by atoms with Crippen molar-refractivity contribution < 1.29 is 27.1 Å². The maximum atomic E-state index is 14.0. The molecule has 2 aromatic carbocycles. The van der Waals surface area contributed by atoms with Gasteiger partial charge in [0.15, 0.2) is 0 Å². The quantitative estimate of drug-likeness (QED) is 0.688. The van der Waals surface area contributed by atoms with Crippen molar-refractivity contribution in [2.45, 2.75) is 24.2 Å². The largest absolute Gasteiger partial charge is 0.496 e. The van der Waals surface area contributed by atoms with Crippen LogP contribution in [0, 0.1) is 5.82 Å². The molecule has 2 heterocycles. The van der Waals surface area contributed by atoms with Crippen LogP contribution in [0.15, 0.2) is 41.3 Å². The Morgan fingerprint density at radius 3 is 2.45 bits per heavy atom. The smallest absolute Gasteiger partial charge is 0.259 e. The lowest BCUT2D eigenvalue weighted by atomic mass is 10.1. The van der Waals surface area contributed by atoms with Crippen LogP contribution in [0.25, 0.3) is 0 Å². The Kier molecular flexibility index (Phi) is 7.16. The molecule has 0 bridgehead atoms. The van der Waals surface area contributed by atoms with Crippen LogP contribution in [-0.4, -0.2) is 65.1 Å². The average molecular weight is 478 g/mol. The van der Waals surface area contributed by atoms with Crippen molar-refractivity contribution in [2.75, 3.05) is 56.7 Å². The Labute approximate surface area is 193 Å². The van der Waals surface area contributed by atoms with Crippen LogP contribution < -0.4 is 15.0 Å². The highest BCUT2D eigenvalue weighted by Crippen LogP contribution is 2.31. The van der Waals surface area contributed by atoms with E-state index in [2.05, 4.69) is 10.2 Å². The fourth-order valence-corrected chi connectivity index (χ4v) is 5.60. The Bertz CT molecular complexity index is 1110. The van der Waals surface area contributed by atoms with Crippen molar-refractivity contribution in [2.24, 2.45) is 0 Å². The third-order valence-corrected chi connectivity index (χ3v) is 7.82. The van der Waals surface area contributed by atoms with Crippen molar-refractivity contribution in [1.29, 1.82) is 0 Å². The molecule has 8 nitrogen and oxygen atoms in total. The Hall–Kier alpha value is -2.69. The second-order valence-corrected chi connectivity index (χ2v) is 9.98. The number of ether oxygens (including phenoxy) is 2. The molecule has 2 fully saturated rings. The van der Waals surface area contributed by atoms with Crippen LogP contribution in [0.4, 0.5) is 15.8 Å². The van der Waals surface area contributed by atoms with Gasteiger partial charge >= 0.3 is 0 Å². The number of piperidine rings is 1. The molecular formula is C23H28FN3O5S. The van der Waals surface area contributed by atoms with Crippen LogP contribution in [-0.2, 0) is 14.8 Å². The predicted octanol–water partition coefficient (Wildman–Crippen LogP) is 3.10. The third-order valence-electron chi connectivity index (χ3n) is 5.93. The molecule has 10 heteroatoms. The summed E-state index contributed by atoms with van der Waals surface area (Å²) in [4.78, 5) is 15.3. The number of hydrogen-bond acceptors (Lipinski definition) is 6. The van der Waals surface area contributed by atoms with Crippen LogP contribution in [0.1, 0.15) is 29.6 Å². The summed E-state index contributed by atoms with van der Waals surface area (Å²) in [6.45, 7) is 2.79. The normalized spacial score (nSPS) is 17.6. The van der Waals surface area contributed by atoms with Gasteiger partial charge in [-0.1, -0.05) is 0 Å². The fourth-order valence-electron chi connectivity index (χ4n) is 4.17. The summed E-state index contributed by atoms with van der Waals surface area (Å²) in [5.41, 5.74) is 1.13. The number of carbonyl (C=O) groups is 1. The van der Waals surface area contributed by atoms with Gasteiger partial charge in [0.2, 0.25) is 10.0 Å². The number of halogens is 1. The Morgan fingerprint density at radius 1 is 1.03 bits per heavy atom. The zero-order chi connectivity index (χ0) is 23.4. The summed E-state index contributed by atoms with van der Waals surface area (Å²) in [6.07, 6.45) is 3.20. The summed E-state index contributed by atoms with van der Waals surface area (Å²) in [5.74, 6) is -0.819. The number of sulfonamides is 1. The van der Waals surface area contributed by atoms with Crippen molar-refractivity contribution >= 4 is 27.3 Å². The van der Waals surface area contributed by atoms with Crippen molar-refractivity contribution in [3.8, 4) is 5.75 Å². The zero-order valence-corrected chi connectivity index (χ0v) is 19.4. The molecule has 2 aromatic rings. The SMILES string of the molecule is COc1ccc(S(=O)(=O)N2CCOCC2)cc1C(=O)Nc1cc(F)ccc1N1CCCCC1. The van der Waals surface area contributed by atoms with E-state index in [1.807, 2.05) is 0 Å². The number of morpholine rings is 1. The lowest BCUT2D eigenvalue weighted by molar-refractivity contribution is 0.0730. The van der Waals surface area contributed by atoms with Crippen LogP contribution in [0.3, 0.4) is 0 Å². The van der Waals surface area contributed by atoms with Crippen molar-refractivity contribution in [1.82, 2.24) is 4.31 Å². The van der Waals surface area contributed by atoms with Crippen LogP contribution in [0.5, 0.6) is 5.75 Å². The molecule has 2 saturated heterocycles. The molecule has 0 unspecified atom stereocenters. The van der Waals surface area contributed by atoms with Crippen molar-refractivity contribution in [3.05, 3.63) is 47.8 Å². The van der Waals surface area contributed by atoms with Gasteiger partial charge in [-0.2, -0.15) is 4.31 Å². The molecule has 1 N–H and O–H groups in total. The topological polar surface area (TPSA) is 88.2 Å². The summed E-state index contributed by atoms with van der Waals surface area (Å²) in [5, 5.41) is 2.77. The zero-order valence-electron chi connectivity index (χ0n) is 18.5. The number of anilines is 2. The van der Waals surface area contributed by atoms with E-state index in [-0.39, 0.29) is 29.3 Å². The number of amides is 1. The first-order valence-electron chi connectivity index (χ1n) is 11.0. The van der Waals surface area contributed by atoms with Gasteiger partial charge in [-0.15, -0.1) is 0 Å². The van der Waals surface area contributed by atoms with Crippen LogP contribution >= 0.6 is 0 Å². The third kappa shape index (κ3) is 5.13. The van der Waals surface area contributed by atoms with E-state index in [0.29, 0.717) is 18.9 Å². The molecule has 2 aliphatic rings. The molecule has 0 radical (unpaired) electrons. The number of rotatable bonds is 6. The molecule has 1 amide bonds. The van der Waals surface area contributed by atoms with Gasteiger partial charge in [-0.3, -0.25) is 4.79 Å². The minimum Gasteiger partial charge on any atom is -0.496 e. The first-order chi connectivity index (χ1) is 15.9. The number of benzene rings is 2. The molecule has 0 aromatic heterocycles. The predicted molar refractivity (Wildman–Crippen MR) is 123 cm³/mol. The van der Waals surface area contributed by atoms with Crippen molar-refractivity contribution in [3.63, 3.8) is 0 Å². The molecule has 4 rings (SSSR count). The maximum Gasteiger partial charge on any atom is 0.259 e. The van der Waals surface area contributed by atoms with E-state index >= 15 is 0 Å². The highest BCUT2D eigenvalue weighted by Gasteiger charge is 2.28. The lowest BCUT2D eigenvalue weighted by Gasteiger charge is -2.30. The van der Waals surface area contributed by atoms with Gasteiger partial charge in [0.25, 0.3) is 5.91 Å². The van der Waals surface area contributed by atoms with Gasteiger partial charge in [0.05, 0.1) is 42.2 Å². The summed E-state index contributed by atoms with van der Waals surface area (Å²) < 4.78 is 52.1. The summed E-state index contributed by atoms with van der Waals surface area (Å²) in [6, 6.07) is 8.49. The number of carbonyl (C=O) groups excluding carboxylic acids is 1. The van der Waals surface area contributed by atoms with Gasteiger partial charge in [0.1, 0.15) is 11.6 Å². The molecule has 0 aliphatic carbocycles. The fraction of sp³-hybridized carbons (Fsp3) is 0.435. The number of nitrogens with zero attached hydrogens (tertiary/aromatic N) is 2. The van der Waals surface area contributed by atoms with E-state index in [9.17, 15) is 17.6 Å². The molecule has 0 spiro atoms. The summed E-state index contributed by atoms with van der Waals surface area (Å²) >= 11 is 0. The molecule has 2 aliphatic heterocycles. The maximum absolute atomic E-state index is 14.0. The van der Waals surface area contributed by atoms with E-state index in [1.165, 1.54) is 41.7 Å². The second kappa shape index (κ2) is 10.1. The first kappa shape index (κ1) is 23.5.